The van der Waals surface area contributed by atoms with E-state index in [2.05, 4.69) is 0 Å². The average molecular weight is 540 g/mol. The maximum absolute atomic E-state index is 12.3. The molecular formula is C27H41NO10. The van der Waals surface area contributed by atoms with E-state index in [0.29, 0.717) is 24.8 Å². The molecule has 214 valence electrons. The molecule has 0 aliphatic carbocycles. The zero-order chi connectivity index (χ0) is 29.0. The smallest absolute Gasteiger partial charge is 0.480 e. The van der Waals surface area contributed by atoms with E-state index in [9.17, 15) is 24.3 Å². The van der Waals surface area contributed by atoms with Crippen LogP contribution in [0.2, 0.25) is 0 Å². The van der Waals surface area contributed by atoms with Crippen molar-refractivity contribution >= 4 is 24.2 Å². The SMILES string of the molecule is CCC(C)OC(=O)Oc1ccc(CC(N)(C[C@H](C)OC(=O)C(C)CC)C(=O)O)cc1OC(=O)OC(C)CC. The molecule has 1 aromatic carbocycles. The topological polar surface area (TPSA) is 161 Å². The van der Waals surface area contributed by atoms with Gasteiger partial charge in [0.25, 0.3) is 0 Å². The van der Waals surface area contributed by atoms with Crippen molar-refractivity contribution in [1.29, 1.82) is 0 Å². The molecule has 5 atom stereocenters. The molecule has 0 aliphatic rings. The highest BCUT2D eigenvalue weighted by Crippen LogP contribution is 2.32. The van der Waals surface area contributed by atoms with Crippen LogP contribution in [0.25, 0.3) is 0 Å². The number of nitrogens with two attached hydrogens (primary N) is 1. The van der Waals surface area contributed by atoms with Gasteiger partial charge in [-0.15, -0.1) is 0 Å². The number of carbonyl (C=O) groups excluding carboxylic acids is 3. The standard InChI is InChI=1S/C27H41NO10/c1-8-16(4)23(29)34-19(7)14-27(28,24(30)31)15-20-11-12-21(37-25(32)35-17(5)9-2)22(13-20)38-26(33)36-18(6)10-3/h11-13,16-19H,8-10,14-15,28H2,1-7H3,(H,30,31)/t16?,17?,18?,19-,27?/m0/s1. The molecule has 0 amide bonds. The number of esters is 1. The maximum Gasteiger partial charge on any atom is 0.514 e. The molecule has 0 saturated carbocycles. The minimum atomic E-state index is -1.82. The molecule has 1 rings (SSSR count). The van der Waals surface area contributed by atoms with Crippen LogP contribution in [-0.4, -0.2) is 53.2 Å². The van der Waals surface area contributed by atoms with Crippen LogP contribution in [0.15, 0.2) is 18.2 Å². The molecule has 0 aliphatic heterocycles. The molecule has 3 N–H and O–H groups in total. The third-order valence-corrected chi connectivity index (χ3v) is 6.07. The minimum absolute atomic E-state index is 0.128. The van der Waals surface area contributed by atoms with Crippen molar-refractivity contribution in [3.63, 3.8) is 0 Å². The van der Waals surface area contributed by atoms with Gasteiger partial charge >= 0.3 is 24.2 Å². The fourth-order valence-electron chi connectivity index (χ4n) is 3.18. The van der Waals surface area contributed by atoms with E-state index < -0.39 is 48.1 Å². The van der Waals surface area contributed by atoms with Gasteiger partial charge < -0.3 is 34.5 Å². The van der Waals surface area contributed by atoms with Crippen LogP contribution in [0.3, 0.4) is 0 Å². The number of ether oxygens (including phenoxy) is 5. The van der Waals surface area contributed by atoms with Gasteiger partial charge in [0, 0.05) is 12.8 Å². The van der Waals surface area contributed by atoms with Gasteiger partial charge in [-0.2, -0.15) is 0 Å². The highest BCUT2D eigenvalue weighted by molar-refractivity contribution is 5.79. The summed E-state index contributed by atoms with van der Waals surface area (Å²) in [5, 5.41) is 9.90. The summed E-state index contributed by atoms with van der Waals surface area (Å²) in [5.74, 6) is -2.38. The van der Waals surface area contributed by atoms with Crippen LogP contribution in [0, 0.1) is 5.92 Å². The van der Waals surface area contributed by atoms with Crippen LogP contribution < -0.4 is 15.2 Å². The predicted octanol–water partition coefficient (Wildman–Crippen LogP) is 5.01. The molecule has 1 aromatic rings. The normalized spacial score (nSPS) is 15.7. The number of hydrogen-bond acceptors (Lipinski definition) is 10. The van der Waals surface area contributed by atoms with E-state index in [-0.39, 0.29) is 30.3 Å². The highest BCUT2D eigenvalue weighted by Gasteiger charge is 2.37. The fourth-order valence-corrected chi connectivity index (χ4v) is 3.18. The molecule has 11 heteroatoms. The van der Waals surface area contributed by atoms with Gasteiger partial charge in [-0.1, -0.05) is 33.8 Å². The molecule has 0 saturated heterocycles. The third kappa shape index (κ3) is 10.6. The van der Waals surface area contributed by atoms with Crippen molar-refractivity contribution in [3.8, 4) is 11.5 Å². The van der Waals surface area contributed by atoms with E-state index in [1.165, 1.54) is 18.2 Å². The molecule has 0 bridgehead atoms. The van der Waals surface area contributed by atoms with Crippen molar-refractivity contribution in [2.24, 2.45) is 11.7 Å². The van der Waals surface area contributed by atoms with E-state index in [4.69, 9.17) is 29.4 Å². The zero-order valence-electron chi connectivity index (χ0n) is 23.3. The Morgan fingerprint density at radius 3 is 1.82 bits per heavy atom. The molecule has 0 heterocycles. The van der Waals surface area contributed by atoms with Gasteiger partial charge in [0.2, 0.25) is 0 Å². The molecule has 0 aromatic heterocycles. The van der Waals surface area contributed by atoms with E-state index in [1.807, 2.05) is 20.8 Å². The fraction of sp³-hybridized carbons (Fsp3) is 0.630. The van der Waals surface area contributed by atoms with Gasteiger partial charge in [-0.3, -0.25) is 9.59 Å². The van der Waals surface area contributed by atoms with Crippen LogP contribution in [0.5, 0.6) is 11.5 Å². The summed E-state index contributed by atoms with van der Waals surface area (Å²) in [6.45, 7) is 12.2. The quantitative estimate of drug-likeness (QED) is 0.186. The molecule has 0 spiro atoms. The maximum atomic E-state index is 12.3. The second kappa shape index (κ2) is 15.2. The molecule has 11 nitrogen and oxygen atoms in total. The number of carboxylic acids is 1. The van der Waals surface area contributed by atoms with Gasteiger partial charge in [0.05, 0.1) is 5.92 Å². The Balaban J connectivity index is 3.21. The lowest BCUT2D eigenvalue weighted by molar-refractivity contribution is -0.156. The van der Waals surface area contributed by atoms with Crippen LogP contribution >= 0.6 is 0 Å². The summed E-state index contributed by atoms with van der Waals surface area (Å²) < 4.78 is 26.1. The number of hydrogen-bond donors (Lipinski definition) is 2. The van der Waals surface area contributed by atoms with E-state index in [0.717, 1.165) is 0 Å². The summed E-state index contributed by atoms with van der Waals surface area (Å²) in [4.78, 5) is 48.7. The second-order valence-electron chi connectivity index (χ2n) is 9.56. The van der Waals surface area contributed by atoms with Crippen LogP contribution in [0.1, 0.15) is 79.7 Å². The molecule has 4 unspecified atom stereocenters. The Kier molecular flexibility index (Phi) is 13.0. The molecule has 0 radical (unpaired) electrons. The predicted molar refractivity (Wildman–Crippen MR) is 138 cm³/mol. The van der Waals surface area contributed by atoms with Crippen molar-refractivity contribution in [1.82, 2.24) is 0 Å². The monoisotopic (exact) mass is 539 g/mol. The lowest BCUT2D eigenvalue weighted by Gasteiger charge is -2.28. The molecular weight excluding hydrogens is 498 g/mol. The van der Waals surface area contributed by atoms with Crippen molar-refractivity contribution in [2.45, 2.75) is 104 Å². The Hall–Kier alpha value is -3.34. The van der Waals surface area contributed by atoms with Crippen LogP contribution in [0.4, 0.5) is 9.59 Å². The summed E-state index contributed by atoms with van der Waals surface area (Å²) in [6, 6.07) is 4.16. The largest absolute Gasteiger partial charge is 0.514 e. The Bertz CT molecular complexity index is 965. The first-order chi connectivity index (χ1) is 17.7. The first-order valence-corrected chi connectivity index (χ1v) is 12.9. The Morgan fingerprint density at radius 2 is 1.34 bits per heavy atom. The number of benzene rings is 1. The second-order valence-corrected chi connectivity index (χ2v) is 9.56. The van der Waals surface area contributed by atoms with Crippen molar-refractivity contribution < 1.29 is 48.0 Å². The first kappa shape index (κ1) is 32.7. The van der Waals surface area contributed by atoms with Crippen molar-refractivity contribution in [3.05, 3.63) is 23.8 Å². The number of aliphatic carboxylic acids is 1. The minimum Gasteiger partial charge on any atom is -0.480 e. The third-order valence-electron chi connectivity index (χ3n) is 6.07. The number of carboxylic acid groups (broad SMARTS) is 1. The highest BCUT2D eigenvalue weighted by atomic mass is 16.7. The van der Waals surface area contributed by atoms with Crippen LogP contribution in [-0.2, 0) is 30.2 Å². The van der Waals surface area contributed by atoms with Crippen molar-refractivity contribution in [2.75, 3.05) is 0 Å². The Labute approximate surface area is 223 Å². The Morgan fingerprint density at radius 1 is 0.816 bits per heavy atom. The number of carbonyl (C=O) groups is 4. The zero-order valence-corrected chi connectivity index (χ0v) is 23.3. The average Bonchev–Trinajstić information content (AvgIpc) is 2.84. The molecule has 38 heavy (non-hydrogen) atoms. The van der Waals surface area contributed by atoms with Gasteiger partial charge in [0.15, 0.2) is 11.5 Å². The lowest BCUT2D eigenvalue weighted by Crippen LogP contribution is -2.52. The lowest BCUT2D eigenvalue weighted by atomic mass is 9.86. The van der Waals surface area contributed by atoms with Gasteiger partial charge in [-0.05, 0) is 57.7 Å². The summed E-state index contributed by atoms with van der Waals surface area (Å²) in [6.07, 6.45) is -2.29. The van der Waals surface area contributed by atoms with E-state index >= 15 is 0 Å². The van der Waals surface area contributed by atoms with E-state index in [1.54, 1.807) is 27.7 Å². The summed E-state index contributed by atoms with van der Waals surface area (Å²) in [7, 11) is 0. The summed E-state index contributed by atoms with van der Waals surface area (Å²) >= 11 is 0. The van der Waals surface area contributed by atoms with Gasteiger partial charge in [-0.25, -0.2) is 9.59 Å². The number of rotatable bonds is 14. The first-order valence-electron chi connectivity index (χ1n) is 12.9. The van der Waals surface area contributed by atoms with Gasteiger partial charge in [0.1, 0.15) is 23.9 Å². The molecule has 0 fully saturated rings. The summed E-state index contributed by atoms with van der Waals surface area (Å²) in [5.41, 5.74) is 4.80.